The maximum atomic E-state index is 12.2. The molecule has 1 fully saturated rings. The minimum Gasteiger partial charge on any atom is -0.356 e. The zero-order valence-electron chi connectivity index (χ0n) is 25.5. The van der Waals surface area contributed by atoms with Gasteiger partial charge in [-0.15, -0.1) is 0 Å². The summed E-state index contributed by atoms with van der Waals surface area (Å²) in [5.74, 6) is 1.88. The summed E-state index contributed by atoms with van der Waals surface area (Å²) in [6, 6.07) is -0.197. The Balaban J connectivity index is 0.000000730. The van der Waals surface area contributed by atoms with Gasteiger partial charge in [0.1, 0.15) is 11.5 Å². The fraction of sp³-hybridized carbons (Fsp3) is 0.667. The van der Waals surface area contributed by atoms with Crippen LogP contribution in [0.15, 0.2) is 17.8 Å². The highest BCUT2D eigenvalue weighted by Crippen LogP contribution is 2.21. The Morgan fingerprint density at radius 1 is 1.18 bits per heavy atom. The number of aromatic amines is 1. The molecule has 0 saturated carbocycles. The van der Waals surface area contributed by atoms with Gasteiger partial charge in [-0.25, -0.2) is 4.98 Å². The third-order valence-electron chi connectivity index (χ3n) is 6.70. The monoisotopic (exact) mass is 543 g/mol. The van der Waals surface area contributed by atoms with E-state index in [0.717, 1.165) is 63.0 Å². The predicted octanol–water partition coefficient (Wildman–Crippen LogP) is 6.46. The van der Waals surface area contributed by atoms with E-state index in [9.17, 15) is 9.59 Å². The number of hydrogen-bond donors (Lipinski definition) is 6. The van der Waals surface area contributed by atoms with Crippen molar-refractivity contribution in [2.75, 3.05) is 6.54 Å². The van der Waals surface area contributed by atoms with Gasteiger partial charge in [-0.1, -0.05) is 59.5 Å². The van der Waals surface area contributed by atoms with E-state index in [1.165, 1.54) is 5.57 Å². The molecule has 2 amide bonds. The Labute approximate surface area is 236 Å². The van der Waals surface area contributed by atoms with Gasteiger partial charge in [-0.05, 0) is 64.4 Å². The molecular formula is C30H53N7O2. The van der Waals surface area contributed by atoms with Gasteiger partial charge in [0.05, 0.1) is 23.6 Å². The molecule has 3 unspecified atom stereocenters. The van der Waals surface area contributed by atoms with Gasteiger partial charge in [0.25, 0.3) is 5.91 Å². The van der Waals surface area contributed by atoms with Crippen molar-refractivity contribution in [3.05, 3.63) is 29.4 Å². The molecule has 0 aromatic carbocycles. The fourth-order valence-corrected chi connectivity index (χ4v) is 3.67. The molecule has 220 valence electrons. The van der Waals surface area contributed by atoms with Crippen molar-refractivity contribution >= 4 is 28.9 Å². The highest BCUT2D eigenvalue weighted by molar-refractivity contribution is 6.65. The lowest BCUT2D eigenvalue weighted by atomic mass is 9.98. The summed E-state index contributed by atoms with van der Waals surface area (Å²) in [6.45, 7) is 17.0. The van der Waals surface area contributed by atoms with Crippen LogP contribution in [-0.2, 0) is 9.59 Å². The highest BCUT2D eigenvalue weighted by Gasteiger charge is 2.21. The second-order valence-electron chi connectivity index (χ2n) is 10.6. The first kappa shape index (κ1) is 35.9. The second kappa shape index (κ2) is 19.9. The maximum Gasteiger partial charge on any atom is 0.271 e. The maximum absolute atomic E-state index is 12.2. The first-order valence-electron chi connectivity index (χ1n) is 14.3. The zero-order valence-corrected chi connectivity index (χ0v) is 25.5. The SMILES string of the molecule is CC1CCC(=O)NC1.CCC(=N)C(=N)C(=O)NC(CCCC(C)CC)c1cnc(C)[nH]1.CCC(C)=CC(C)=N. The lowest BCUT2D eigenvalue weighted by molar-refractivity contribution is -0.122. The molecule has 9 heteroatoms. The van der Waals surface area contributed by atoms with Crippen LogP contribution >= 0.6 is 0 Å². The molecule has 2 rings (SSSR count). The number of imidazole rings is 1. The van der Waals surface area contributed by atoms with Gasteiger partial charge in [0.2, 0.25) is 5.91 Å². The second-order valence-corrected chi connectivity index (χ2v) is 10.6. The van der Waals surface area contributed by atoms with E-state index < -0.39 is 5.91 Å². The fourth-order valence-electron chi connectivity index (χ4n) is 3.67. The van der Waals surface area contributed by atoms with Gasteiger partial charge >= 0.3 is 0 Å². The molecule has 1 aliphatic rings. The lowest BCUT2D eigenvalue weighted by Crippen LogP contribution is -2.37. The van der Waals surface area contributed by atoms with Crippen molar-refractivity contribution in [2.24, 2.45) is 11.8 Å². The highest BCUT2D eigenvalue weighted by atomic mass is 16.2. The van der Waals surface area contributed by atoms with Gasteiger partial charge in [-0.2, -0.15) is 0 Å². The first-order chi connectivity index (χ1) is 18.3. The number of aromatic nitrogens is 2. The number of piperidine rings is 1. The number of rotatable bonds is 12. The number of carbonyl (C=O) groups excluding carboxylic acids is 2. The molecule has 9 nitrogen and oxygen atoms in total. The number of H-pyrrole nitrogens is 1. The van der Waals surface area contributed by atoms with Gasteiger partial charge < -0.3 is 26.4 Å². The number of nitrogens with one attached hydrogen (secondary N) is 6. The van der Waals surface area contributed by atoms with Crippen LogP contribution in [0.4, 0.5) is 0 Å². The minimum atomic E-state index is -0.488. The number of aryl methyl sites for hydroxylation is 1. The summed E-state index contributed by atoms with van der Waals surface area (Å²) in [6.07, 6.45) is 10.9. The molecule has 0 bridgehead atoms. The molecule has 1 aliphatic heterocycles. The van der Waals surface area contributed by atoms with Gasteiger partial charge in [0.15, 0.2) is 0 Å². The first-order valence-corrected chi connectivity index (χ1v) is 14.3. The Bertz CT molecular complexity index is 954. The number of amides is 2. The summed E-state index contributed by atoms with van der Waals surface area (Å²) in [5.41, 5.74) is 2.58. The van der Waals surface area contributed by atoms with Crippen LogP contribution in [0.25, 0.3) is 0 Å². The minimum absolute atomic E-state index is 0.0571. The Morgan fingerprint density at radius 3 is 2.26 bits per heavy atom. The quantitative estimate of drug-likeness (QED) is 0.167. The summed E-state index contributed by atoms with van der Waals surface area (Å²) in [7, 11) is 0. The molecule has 0 spiro atoms. The molecule has 1 saturated heterocycles. The van der Waals surface area contributed by atoms with Crippen molar-refractivity contribution in [3.8, 4) is 0 Å². The third-order valence-corrected chi connectivity index (χ3v) is 6.70. The molecule has 6 N–H and O–H groups in total. The average Bonchev–Trinajstić information content (AvgIpc) is 3.34. The Kier molecular flexibility index (Phi) is 18.3. The van der Waals surface area contributed by atoms with Crippen molar-refractivity contribution < 1.29 is 9.59 Å². The molecule has 39 heavy (non-hydrogen) atoms. The van der Waals surface area contributed by atoms with Crippen molar-refractivity contribution in [1.29, 1.82) is 16.2 Å². The van der Waals surface area contributed by atoms with Gasteiger partial charge in [-0.3, -0.25) is 15.0 Å². The molecular weight excluding hydrogens is 490 g/mol. The number of carbonyl (C=O) groups is 2. The van der Waals surface area contributed by atoms with Crippen LogP contribution < -0.4 is 10.6 Å². The smallest absolute Gasteiger partial charge is 0.271 e. The topological polar surface area (TPSA) is 158 Å². The normalized spacial score (nSPS) is 16.4. The van der Waals surface area contributed by atoms with E-state index in [0.29, 0.717) is 24.0 Å². The van der Waals surface area contributed by atoms with E-state index in [-0.39, 0.29) is 23.4 Å². The lowest BCUT2D eigenvalue weighted by Gasteiger charge is -2.18. The van der Waals surface area contributed by atoms with Gasteiger partial charge in [0, 0.05) is 18.7 Å². The van der Waals surface area contributed by atoms with Crippen molar-refractivity contribution in [1.82, 2.24) is 20.6 Å². The van der Waals surface area contributed by atoms with Crippen LogP contribution in [0.1, 0.15) is 117 Å². The number of nitrogens with zero attached hydrogens (tertiary/aromatic N) is 1. The van der Waals surface area contributed by atoms with Crippen LogP contribution in [-0.4, -0.2) is 45.5 Å². The van der Waals surface area contributed by atoms with Crippen LogP contribution in [0.5, 0.6) is 0 Å². The molecule has 1 aromatic rings. The number of hydrogen-bond acceptors (Lipinski definition) is 6. The third kappa shape index (κ3) is 16.5. The van der Waals surface area contributed by atoms with E-state index in [4.69, 9.17) is 16.2 Å². The standard InChI is InChI=1S/C17H29N5O.C7H13N.C6H11NO/c1-5-11(3)8-7-9-14(15-10-20-12(4)21-15)22-17(23)16(19)13(18)6-2;1-4-6(2)5-7(3)8;1-5-2-3-6(8)7-4-5/h10-11,14,18-19H,5-9H2,1-4H3,(H,20,21)(H,22,23);5,8H,4H2,1-3H3;5H,2-4H2,1H3,(H,7,8). The van der Waals surface area contributed by atoms with E-state index >= 15 is 0 Å². The number of allylic oxidation sites excluding steroid dienone is 2. The van der Waals surface area contributed by atoms with E-state index in [1.807, 2.05) is 19.9 Å². The Morgan fingerprint density at radius 2 is 1.85 bits per heavy atom. The average molecular weight is 544 g/mol. The largest absolute Gasteiger partial charge is 0.356 e. The van der Waals surface area contributed by atoms with Crippen molar-refractivity contribution in [2.45, 2.75) is 113 Å². The zero-order chi connectivity index (χ0) is 30.0. The van der Waals surface area contributed by atoms with Crippen LogP contribution in [0, 0.1) is 35.0 Å². The molecule has 0 radical (unpaired) electrons. The van der Waals surface area contributed by atoms with Crippen molar-refractivity contribution in [3.63, 3.8) is 0 Å². The van der Waals surface area contributed by atoms with Crippen LogP contribution in [0.3, 0.4) is 0 Å². The summed E-state index contributed by atoms with van der Waals surface area (Å²) >= 11 is 0. The van der Waals surface area contributed by atoms with E-state index in [2.05, 4.69) is 48.3 Å². The molecule has 3 atom stereocenters. The Hall–Kier alpha value is -3.10. The molecule has 2 heterocycles. The van der Waals surface area contributed by atoms with E-state index in [1.54, 1.807) is 20.0 Å². The molecule has 1 aromatic heterocycles. The summed E-state index contributed by atoms with van der Waals surface area (Å²) in [4.78, 5) is 30.0. The summed E-state index contributed by atoms with van der Waals surface area (Å²) < 4.78 is 0. The van der Waals surface area contributed by atoms with Crippen LogP contribution in [0.2, 0.25) is 0 Å². The summed E-state index contributed by atoms with van der Waals surface area (Å²) in [5, 5.41) is 28.1. The predicted molar refractivity (Wildman–Crippen MR) is 162 cm³/mol. The molecule has 0 aliphatic carbocycles.